The molecule has 0 saturated heterocycles. The van der Waals surface area contributed by atoms with Crippen LogP contribution in [-0.2, 0) is 0 Å². The second-order valence-electron chi connectivity index (χ2n) is 5.38. The highest BCUT2D eigenvalue weighted by Gasteiger charge is 2.11. The summed E-state index contributed by atoms with van der Waals surface area (Å²) in [4.78, 5) is 21.3. The number of amides is 1. The molecule has 2 aromatic heterocycles. The third-order valence-electron chi connectivity index (χ3n) is 3.66. The molecule has 0 aliphatic rings. The standard InChI is InChI=1S/C19H12BrN3O2/c20-18-9-8-17(25-18)19(24)22-13-5-3-4-12(10-13)16-11-21-14-6-1-2-7-15(14)23-16/h1-11H,(H,22,24). The Kier molecular flexibility index (Phi) is 4.03. The van der Waals surface area contributed by atoms with E-state index in [9.17, 15) is 4.79 Å². The van der Waals surface area contributed by atoms with Gasteiger partial charge in [0.1, 0.15) is 0 Å². The summed E-state index contributed by atoms with van der Waals surface area (Å²) in [7, 11) is 0. The molecule has 25 heavy (non-hydrogen) atoms. The predicted molar refractivity (Wildman–Crippen MR) is 99.3 cm³/mol. The van der Waals surface area contributed by atoms with Crippen LogP contribution in [0.1, 0.15) is 10.6 Å². The number of hydrogen-bond acceptors (Lipinski definition) is 4. The molecule has 0 saturated carbocycles. The number of furan rings is 1. The second-order valence-corrected chi connectivity index (χ2v) is 6.16. The molecule has 122 valence electrons. The van der Waals surface area contributed by atoms with Gasteiger partial charge in [-0.15, -0.1) is 0 Å². The summed E-state index contributed by atoms with van der Waals surface area (Å²) in [5.41, 5.74) is 3.95. The number of nitrogens with zero attached hydrogens (tertiary/aromatic N) is 2. The number of aromatic nitrogens is 2. The zero-order valence-electron chi connectivity index (χ0n) is 12.9. The molecule has 0 unspecified atom stereocenters. The number of rotatable bonds is 3. The molecule has 0 aliphatic carbocycles. The average Bonchev–Trinajstić information content (AvgIpc) is 3.08. The summed E-state index contributed by atoms with van der Waals surface area (Å²) in [6.07, 6.45) is 1.73. The number of benzene rings is 2. The fourth-order valence-electron chi connectivity index (χ4n) is 2.48. The number of carbonyl (C=O) groups is 1. The first-order valence-corrected chi connectivity index (χ1v) is 8.37. The Morgan fingerprint density at radius 3 is 2.64 bits per heavy atom. The lowest BCUT2D eigenvalue weighted by molar-refractivity contribution is 0.0995. The fourth-order valence-corrected chi connectivity index (χ4v) is 2.79. The van der Waals surface area contributed by atoms with E-state index < -0.39 is 0 Å². The molecule has 6 heteroatoms. The van der Waals surface area contributed by atoms with Gasteiger partial charge >= 0.3 is 0 Å². The van der Waals surface area contributed by atoms with Crippen molar-refractivity contribution in [3.05, 3.63) is 77.3 Å². The molecular weight excluding hydrogens is 382 g/mol. The molecule has 0 spiro atoms. The van der Waals surface area contributed by atoms with Gasteiger partial charge in [0.25, 0.3) is 5.91 Å². The first-order valence-electron chi connectivity index (χ1n) is 7.58. The smallest absolute Gasteiger partial charge is 0.291 e. The molecule has 2 aromatic carbocycles. The number of hydrogen-bond donors (Lipinski definition) is 1. The van der Waals surface area contributed by atoms with Gasteiger partial charge in [-0.1, -0.05) is 24.3 Å². The van der Waals surface area contributed by atoms with Crippen molar-refractivity contribution in [2.75, 3.05) is 5.32 Å². The van der Waals surface area contributed by atoms with Crippen molar-refractivity contribution < 1.29 is 9.21 Å². The molecule has 1 N–H and O–H groups in total. The minimum atomic E-state index is -0.313. The largest absolute Gasteiger partial charge is 0.444 e. The van der Waals surface area contributed by atoms with Gasteiger partial charge < -0.3 is 9.73 Å². The number of halogens is 1. The SMILES string of the molecule is O=C(Nc1cccc(-c2cnc3ccccc3n2)c1)c1ccc(Br)o1. The lowest BCUT2D eigenvalue weighted by atomic mass is 10.1. The summed E-state index contributed by atoms with van der Waals surface area (Å²) in [5.74, 6) is -0.0739. The summed E-state index contributed by atoms with van der Waals surface area (Å²) >= 11 is 3.19. The van der Waals surface area contributed by atoms with Crippen LogP contribution in [0.5, 0.6) is 0 Å². The van der Waals surface area contributed by atoms with Crippen molar-refractivity contribution in [2.24, 2.45) is 0 Å². The predicted octanol–water partition coefficient (Wildman–Crippen LogP) is 4.90. The lowest BCUT2D eigenvalue weighted by Gasteiger charge is -2.07. The Balaban J connectivity index is 1.63. The Bertz CT molecular complexity index is 1070. The van der Waals surface area contributed by atoms with Gasteiger partial charge in [0.05, 0.1) is 22.9 Å². The van der Waals surface area contributed by atoms with E-state index in [0.29, 0.717) is 10.4 Å². The van der Waals surface area contributed by atoms with Crippen LogP contribution in [-0.4, -0.2) is 15.9 Å². The average molecular weight is 394 g/mol. The Hall–Kier alpha value is -2.99. The Morgan fingerprint density at radius 1 is 1.00 bits per heavy atom. The van der Waals surface area contributed by atoms with E-state index in [1.807, 2.05) is 48.5 Å². The van der Waals surface area contributed by atoms with Gasteiger partial charge in [-0.25, -0.2) is 4.98 Å². The van der Waals surface area contributed by atoms with Crippen molar-refractivity contribution in [1.82, 2.24) is 9.97 Å². The molecule has 0 aliphatic heterocycles. The van der Waals surface area contributed by atoms with E-state index in [-0.39, 0.29) is 11.7 Å². The zero-order chi connectivity index (χ0) is 17.2. The fraction of sp³-hybridized carbons (Fsp3) is 0. The third-order valence-corrected chi connectivity index (χ3v) is 4.09. The number of fused-ring (bicyclic) bond motifs is 1. The maximum atomic E-state index is 12.2. The van der Waals surface area contributed by atoms with Crippen molar-refractivity contribution in [2.45, 2.75) is 0 Å². The van der Waals surface area contributed by atoms with Crippen LogP contribution in [0.2, 0.25) is 0 Å². The van der Waals surface area contributed by atoms with Crippen molar-refractivity contribution in [1.29, 1.82) is 0 Å². The van der Waals surface area contributed by atoms with Crippen LogP contribution in [0.15, 0.2) is 75.9 Å². The van der Waals surface area contributed by atoms with E-state index in [1.54, 1.807) is 18.3 Å². The van der Waals surface area contributed by atoms with Crippen molar-refractivity contribution in [3.63, 3.8) is 0 Å². The quantitative estimate of drug-likeness (QED) is 0.537. The van der Waals surface area contributed by atoms with Crippen LogP contribution in [0.25, 0.3) is 22.3 Å². The van der Waals surface area contributed by atoms with E-state index in [1.165, 1.54) is 0 Å². The maximum absolute atomic E-state index is 12.2. The number of para-hydroxylation sites is 2. The highest BCUT2D eigenvalue weighted by molar-refractivity contribution is 9.10. The first-order chi connectivity index (χ1) is 12.2. The summed E-state index contributed by atoms with van der Waals surface area (Å²) in [5, 5.41) is 2.82. The van der Waals surface area contributed by atoms with E-state index in [4.69, 9.17) is 4.42 Å². The third kappa shape index (κ3) is 3.29. The van der Waals surface area contributed by atoms with Gasteiger partial charge in [-0.05, 0) is 52.3 Å². The van der Waals surface area contributed by atoms with Gasteiger partial charge in [0.15, 0.2) is 10.4 Å². The highest BCUT2D eigenvalue weighted by Crippen LogP contribution is 2.23. The lowest BCUT2D eigenvalue weighted by Crippen LogP contribution is -2.10. The van der Waals surface area contributed by atoms with Crippen LogP contribution in [0.4, 0.5) is 5.69 Å². The molecule has 2 heterocycles. The summed E-state index contributed by atoms with van der Waals surface area (Å²) in [6, 6.07) is 18.4. The topological polar surface area (TPSA) is 68.0 Å². The van der Waals surface area contributed by atoms with Gasteiger partial charge in [0.2, 0.25) is 0 Å². The Morgan fingerprint density at radius 2 is 1.84 bits per heavy atom. The van der Waals surface area contributed by atoms with Gasteiger partial charge in [-0.2, -0.15) is 0 Å². The van der Waals surface area contributed by atoms with Crippen molar-refractivity contribution in [3.8, 4) is 11.3 Å². The van der Waals surface area contributed by atoms with Gasteiger partial charge in [-0.3, -0.25) is 9.78 Å². The van der Waals surface area contributed by atoms with Crippen LogP contribution >= 0.6 is 15.9 Å². The zero-order valence-corrected chi connectivity index (χ0v) is 14.5. The van der Waals surface area contributed by atoms with Gasteiger partial charge in [0, 0.05) is 11.3 Å². The van der Waals surface area contributed by atoms with Crippen LogP contribution < -0.4 is 5.32 Å². The van der Waals surface area contributed by atoms with Crippen LogP contribution in [0, 0.1) is 0 Å². The molecule has 1 amide bonds. The number of nitrogens with one attached hydrogen (secondary N) is 1. The monoisotopic (exact) mass is 393 g/mol. The molecular formula is C19H12BrN3O2. The second kappa shape index (κ2) is 6.49. The molecule has 0 fully saturated rings. The number of carbonyl (C=O) groups excluding carboxylic acids is 1. The van der Waals surface area contributed by atoms with Crippen LogP contribution in [0.3, 0.4) is 0 Å². The van der Waals surface area contributed by atoms with E-state index in [0.717, 1.165) is 22.3 Å². The Labute approximate surface area is 151 Å². The minimum absolute atomic E-state index is 0.239. The molecule has 0 atom stereocenters. The van der Waals surface area contributed by atoms with Crippen molar-refractivity contribution >= 4 is 38.6 Å². The highest BCUT2D eigenvalue weighted by atomic mass is 79.9. The molecule has 4 rings (SSSR count). The normalized spacial score (nSPS) is 10.8. The molecule has 5 nitrogen and oxygen atoms in total. The summed E-state index contributed by atoms with van der Waals surface area (Å²) in [6.45, 7) is 0. The molecule has 0 bridgehead atoms. The van der Waals surface area contributed by atoms with E-state index in [2.05, 4.69) is 31.2 Å². The van der Waals surface area contributed by atoms with E-state index >= 15 is 0 Å². The number of anilines is 1. The maximum Gasteiger partial charge on any atom is 0.291 e. The molecule has 4 aromatic rings. The minimum Gasteiger partial charge on any atom is -0.444 e. The first kappa shape index (κ1) is 15.5. The molecule has 0 radical (unpaired) electrons. The summed E-state index contributed by atoms with van der Waals surface area (Å²) < 4.78 is 5.77.